The van der Waals surface area contributed by atoms with Crippen molar-refractivity contribution < 1.29 is 23.5 Å². The van der Waals surface area contributed by atoms with E-state index in [1.54, 1.807) is 0 Å². The van der Waals surface area contributed by atoms with Crippen LogP contribution in [0.15, 0.2) is 17.6 Å². The summed E-state index contributed by atoms with van der Waals surface area (Å²) in [6.07, 6.45) is 1.50. The predicted molar refractivity (Wildman–Crippen MR) is 88.5 cm³/mol. The topological polar surface area (TPSA) is 73.9 Å². The van der Waals surface area contributed by atoms with Crippen LogP contribution >= 0.6 is 0 Å². The normalized spacial score (nSPS) is 20.0. The van der Waals surface area contributed by atoms with E-state index in [4.69, 9.17) is 19.8 Å². The van der Waals surface area contributed by atoms with Crippen molar-refractivity contribution in [3.63, 3.8) is 0 Å². The second-order valence-electron chi connectivity index (χ2n) is 6.58. The molecule has 1 heterocycles. The summed E-state index contributed by atoms with van der Waals surface area (Å²) in [4.78, 5) is 0. The number of halogens is 1. The molecule has 5 nitrogen and oxygen atoms in total. The predicted octanol–water partition coefficient (Wildman–Crippen LogP) is 2.42. The van der Waals surface area contributed by atoms with E-state index in [0.717, 1.165) is 0 Å². The second-order valence-corrected chi connectivity index (χ2v) is 6.58. The van der Waals surface area contributed by atoms with Crippen LogP contribution in [-0.2, 0) is 9.31 Å². The Bertz CT molecular complexity index is 615. The fraction of sp³-hybridized carbons (Fsp3) is 0.500. The minimum absolute atomic E-state index is 0.211. The number of aliphatic hydroxyl groups is 1. The fourth-order valence-electron chi connectivity index (χ4n) is 2.25. The quantitative estimate of drug-likeness (QED) is 0.657. The van der Waals surface area contributed by atoms with Crippen LogP contribution in [0, 0.1) is 5.82 Å². The Labute approximate surface area is 136 Å². The Hall–Kier alpha value is -1.57. The first-order valence-corrected chi connectivity index (χ1v) is 7.41. The Morgan fingerprint density at radius 1 is 1.30 bits per heavy atom. The van der Waals surface area contributed by atoms with Crippen LogP contribution in [0.2, 0.25) is 0 Å². The third-order valence-corrected chi connectivity index (χ3v) is 4.43. The monoisotopic (exact) mass is 323 g/mol. The van der Waals surface area contributed by atoms with Crippen molar-refractivity contribution in [3.05, 3.63) is 29.0 Å². The van der Waals surface area contributed by atoms with Gasteiger partial charge in [-0.2, -0.15) is 0 Å². The molecule has 1 fully saturated rings. The average molecular weight is 323 g/mol. The Morgan fingerprint density at radius 3 is 2.35 bits per heavy atom. The summed E-state index contributed by atoms with van der Waals surface area (Å²) in [7, 11) is 0.714. The molecule has 2 rings (SSSR count). The zero-order chi connectivity index (χ0) is 17.4. The third kappa shape index (κ3) is 3.36. The summed E-state index contributed by atoms with van der Waals surface area (Å²) in [5.74, 6) is -0.144. The number of ether oxygens (including phenoxy) is 1. The van der Waals surface area contributed by atoms with Gasteiger partial charge in [-0.15, -0.1) is 0 Å². The summed E-state index contributed by atoms with van der Waals surface area (Å²) in [5, 5.41) is 9.65. The number of benzene rings is 1. The zero-order valence-corrected chi connectivity index (χ0v) is 14.1. The summed E-state index contributed by atoms with van der Waals surface area (Å²) in [6, 6.07) is 2.66. The number of nitrogen functional groups attached to an aromatic ring is 1. The van der Waals surface area contributed by atoms with Gasteiger partial charge >= 0.3 is 7.12 Å². The first-order valence-electron chi connectivity index (χ1n) is 7.41. The van der Waals surface area contributed by atoms with Crippen molar-refractivity contribution in [2.24, 2.45) is 0 Å². The van der Waals surface area contributed by atoms with Crippen molar-refractivity contribution in [1.29, 1.82) is 0 Å². The number of methoxy groups -OCH3 is 1. The van der Waals surface area contributed by atoms with E-state index in [1.165, 1.54) is 25.3 Å². The highest BCUT2D eigenvalue weighted by molar-refractivity contribution is 6.55. The summed E-state index contributed by atoms with van der Waals surface area (Å²) in [6.45, 7) is 7.33. The molecule has 126 valence electrons. The molecule has 0 aromatic heterocycles. The van der Waals surface area contributed by atoms with Crippen LogP contribution < -0.4 is 10.5 Å². The number of anilines is 1. The maximum Gasteiger partial charge on any atom is 0.492 e. The van der Waals surface area contributed by atoms with E-state index < -0.39 is 24.1 Å². The lowest BCUT2D eigenvalue weighted by molar-refractivity contribution is 0.00578. The van der Waals surface area contributed by atoms with E-state index >= 15 is 0 Å². The summed E-state index contributed by atoms with van der Waals surface area (Å²) < 4.78 is 31.0. The lowest BCUT2D eigenvalue weighted by atomic mass is 9.77. The van der Waals surface area contributed by atoms with Gasteiger partial charge in [0.1, 0.15) is 11.6 Å². The summed E-state index contributed by atoms with van der Waals surface area (Å²) in [5.41, 5.74) is 5.48. The molecular weight excluding hydrogens is 300 g/mol. The molecule has 0 aliphatic carbocycles. The maximum absolute atomic E-state index is 14.1. The van der Waals surface area contributed by atoms with Crippen LogP contribution in [-0.4, -0.2) is 37.1 Å². The van der Waals surface area contributed by atoms with E-state index in [-0.39, 0.29) is 17.9 Å². The molecule has 3 N–H and O–H groups in total. The lowest BCUT2D eigenvalue weighted by Crippen LogP contribution is -2.41. The highest BCUT2D eigenvalue weighted by Gasteiger charge is 2.52. The van der Waals surface area contributed by atoms with Gasteiger partial charge in [-0.3, -0.25) is 0 Å². The van der Waals surface area contributed by atoms with Crippen molar-refractivity contribution in [3.8, 4) is 5.75 Å². The molecule has 0 bridgehead atoms. The lowest BCUT2D eigenvalue weighted by Gasteiger charge is -2.32. The largest absolute Gasteiger partial charge is 0.495 e. The van der Waals surface area contributed by atoms with E-state index in [0.29, 0.717) is 11.2 Å². The molecule has 1 saturated heterocycles. The number of rotatable bonds is 4. The maximum atomic E-state index is 14.1. The Balaban J connectivity index is 2.37. The molecule has 1 aromatic carbocycles. The highest BCUT2D eigenvalue weighted by atomic mass is 19.1. The van der Waals surface area contributed by atoms with Crippen LogP contribution in [0.1, 0.15) is 33.3 Å². The number of hydrogen-bond acceptors (Lipinski definition) is 5. The smallest absolute Gasteiger partial charge is 0.492 e. The van der Waals surface area contributed by atoms with Gasteiger partial charge in [-0.25, -0.2) is 4.39 Å². The minimum Gasteiger partial charge on any atom is -0.495 e. The molecule has 0 spiro atoms. The van der Waals surface area contributed by atoms with E-state index in [1.807, 2.05) is 27.7 Å². The third-order valence-electron chi connectivity index (χ3n) is 4.43. The SMILES string of the molecule is COc1cc(C=C(CO)B2OC(C)(C)C(C)(C)O2)c(F)cc1N. The van der Waals surface area contributed by atoms with Gasteiger partial charge in [0.2, 0.25) is 0 Å². The van der Waals surface area contributed by atoms with Crippen molar-refractivity contribution in [1.82, 2.24) is 0 Å². The van der Waals surface area contributed by atoms with Gasteiger partial charge in [-0.05, 0) is 39.2 Å². The van der Waals surface area contributed by atoms with Gasteiger partial charge in [0.25, 0.3) is 0 Å². The van der Waals surface area contributed by atoms with E-state index in [2.05, 4.69) is 0 Å². The minimum atomic E-state index is -0.743. The molecular formula is C16H23BFNO4. The van der Waals surface area contributed by atoms with Crippen molar-refractivity contribution in [2.75, 3.05) is 19.5 Å². The Morgan fingerprint density at radius 2 is 1.87 bits per heavy atom. The molecule has 7 heteroatoms. The first-order chi connectivity index (χ1) is 10.6. The van der Waals surface area contributed by atoms with Gasteiger partial charge in [0.05, 0.1) is 30.6 Å². The zero-order valence-electron chi connectivity index (χ0n) is 14.1. The molecule has 0 amide bonds. The number of nitrogens with two attached hydrogens (primary N) is 1. The Kier molecular flexibility index (Phi) is 4.75. The molecule has 1 aromatic rings. The molecule has 23 heavy (non-hydrogen) atoms. The molecule has 0 radical (unpaired) electrons. The van der Waals surface area contributed by atoms with Gasteiger partial charge < -0.3 is 24.9 Å². The van der Waals surface area contributed by atoms with Crippen molar-refractivity contribution >= 4 is 18.9 Å². The molecule has 0 saturated carbocycles. The molecule has 0 atom stereocenters. The van der Waals surface area contributed by atoms with Gasteiger partial charge in [-0.1, -0.05) is 6.08 Å². The summed E-state index contributed by atoms with van der Waals surface area (Å²) >= 11 is 0. The number of hydrogen-bond donors (Lipinski definition) is 2. The first kappa shape index (κ1) is 17.8. The van der Waals surface area contributed by atoms with Crippen LogP contribution in [0.5, 0.6) is 5.75 Å². The second kappa shape index (κ2) is 6.15. The van der Waals surface area contributed by atoms with Crippen molar-refractivity contribution in [2.45, 2.75) is 38.9 Å². The molecule has 0 unspecified atom stereocenters. The molecule has 1 aliphatic rings. The van der Waals surface area contributed by atoms with Crippen LogP contribution in [0.3, 0.4) is 0 Å². The number of aliphatic hydroxyl groups excluding tert-OH is 1. The van der Waals surface area contributed by atoms with Crippen LogP contribution in [0.25, 0.3) is 6.08 Å². The van der Waals surface area contributed by atoms with Crippen LogP contribution in [0.4, 0.5) is 10.1 Å². The van der Waals surface area contributed by atoms with Gasteiger partial charge in [0.15, 0.2) is 0 Å². The van der Waals surface area contributed by atoms with E-state index in [9.17, 15) is 9.50 Å². The molecule has 1 aliphatic heterocycles. The fourth-order valence-corrected chi connectivity index (χ4v) is 2.25. The standard InChI is InChI=1S/C16H23BFNO4/c1-15(2)16(3,4)23-17(22-15)11(9-20)6-10-7-14(21-5)13(19)8-12(10)18/h6-8,20H,9,19H2,1-5H3. The van der Waals surface area contributed by atoms with Gasteiger partial charge in [0, 0.05) is 11.6 Å². The highest BCUT2D eigenvalue weighted by Crippen LogP contribution is 2.39. The average Bonchev–Trinajstić information content (AvgIpc) is 2.66.